The number of nitrogens with zero attached hydrogens (tertiary/aromatic N) is 1. The molecule has 2 aromatic carbocycles. The van der Waals surface area contributed by atoms with Crippen molar-refractivity contribution in [3.05, 3.63) is 66.0 Å². The van der Waals surface area contributed by atoms with E-state index in [1.54, 1.807) is 6.33 Å². The van der Waals surface area contributed by atoms with Crippen LogP contribution in [0.5, 0.6) is 0 Å². The molecule has 18 heavy (non-hydrogen) atoms. The highest BCUT2D eigenvalue weighted by Gasteiger charge is 2.20. The number of rotatable bonds is 0. The van der Waals surface area contributed by atoms with Crippen LogP contribution in [-0.4, -0.2) is 9.97 Å². The number of H-pyrrole nitrogens is 1. The molecule has 1 aliphatic carbocycles. The summed E-state index contributed by atoms with van der Waals surface area (Å²) in [6, 6.07) is 17.1. The zero-order valence-corrected chi connectivity index (χ0v) is 9.85. The third kappa shape index (κ3) is 1.26. The molecule has 0 atom stereocenters. The lowest BCUT2D eigenvalue weighted by atomic mass is 10.00. The van der Waals surface area contributed by atoms with Crippen LogP contribution < -0.4 is 0 Å². The van der Waals surface area contributed by atoms with Gasteiger partial charge in [-0.3, -0.25) is 0 Å². The van der Waals surface area contributed by atoms with Gasteiger partial charge in [-0.25, -0.2) is 4.98 Å². The molecule has 0 fully saturated rings. The highest BCUT2D eigenvalue weighted by atomic mass is 14.9. The Kier molecular flexibility index (Phi) is 1.92. The second-order valence-corrected chi connectivity index (χ2v) is 4.62. The van der Waals surface area contributed by atoms with Gasteiger partial charge in [0, 0.05) is 11.1 Å². The number of imidazole rings is 1. The Hall–Kier alpha value is -2.35. The van der Waals surface area contributed by atoms with Gasteiger partial charge in [0.2, 0.25) is 0 Å². The third-order valence-electron chi connectivity index (χ3n) is 3.58. The average molecular weight is 232 g/mol. The molecule has 2 heteroatoms. The zero-order chi connectivity index (χ0) is 11.9. The average Bonchev–Trinajstić information content (AvgIpc) is 2.84. The molecular weight excluding hydrogens is 220 g/mol. The van der Waals surface area contributed by atoms with Crippen LogP contribution in [0, 0.1) is 0 Å². The first-order valence-corrected chi connectivity index (χ1v) is 6.13. The van der Waals surface area contributed by atoms with E-state index < -0.39 is 0 Å². The molecule has 1 heterocycles. The molecule has 0 saturated heterocycles. The number of aromatic nitrogens is 2. The topological polar surface area (TPSA) is 28.7 Å². The molecule has 0 amide bonds. The Labute approximate surface area is 105 Å². The van der Waals surface area contributed by atoms with Crippen LogP contribution in [0.1, 0.15) is 11.1 Å². The third-order valence-corrected chi connectivity index (χ3v) is 3.58. The minimum atomic E-state index is 0.969. The van der Waals surface area contributed by atoms with E-state index in [0.717, 1.165) is 17.8 Å². The molecule has 0 saturated carbocycles. The van der Waals surface area contributed by atoms with Crippen molar-refractivity contribution in [3.63, 3.8) is 0 Å². The van der Waals surface area contributed by atoms with Gasteiger partial charge in [-0.15, -0.1) is 0 Å². The second-order valence-electron chi connectivity index (χ2n) is 4.62. The number of hydrogen-bond donors (Lipinski definition) is 1. The van der Waals surface area contributed by atoms with E-state index in [2.05, 4.69) is 58.5 Å². The molecule has 0 bridgehead atoms. The number of nitrogens with one attached hydrogen (secondary N) is 1. The largest absolute Gasteiger partial charge is 0.344 e. The summed E-state index contributed by atoms with van der Waals surface area (Å²) in [6.45, 7) is 0. The van der Waals surface area contributed by atoms with Gasteiger partial charge in [-0.05, 0) is 17.5 Å². The fraction of sp³-hybridized carbons (Fsp3) is 0.0625. The van der Waals surface area contributed by atoms with Crippen LogP contribution in [-0.2, 0) is 6.42 Å². The summed E-state index contributed by atoms with van der Waals surface area (Å²) in [7, 11) is 0. The maximum Gasteiger partial charge on any atom is 0.0963 e. The monoisotopic (exact) mass is 232 g/mol. The maximum atomic E-state index is 4.50. The number of hydrogen-bond acceptors (Lipinski definition) is 1. The number of fused-ring (bicyclic) bond motifs is 5. The lowest BCUT2D eigenvalue weighted by Crippen LogP contribution is -1.90. The van der Waals surface area contributed by atoms with Gasteiger partial charge >= 0.3 is 0 Å². The van der Waals surface area contributed by atoms with Crippen molar-refractivity contribution in [2.24, 2.45) is 0 Å². The van der Waals surface area contributed by atoms with E-state index in [-0.39, 0.29) is 0 Å². The minimum absolute atomic E-state index is 0.969. The molecule has 0 radical (unpaired) electrons. The lowest BCUT2D eigenvalue weighted by Gasteiger charge is -2.05. The van der Waals surface area contributed by atoms with E-state index in [1.165, 1.54) is 22.3 Å². The van der Waals surface area contributed by atoms with Gasteiger partial charge in [0.25, 0.3) is 0 Å². The normalized spacial score (nSPS) is 12.2. The van der Waals surface area contributed by atoms with Gasteiger partial charge in [0.15, 0.2) is 0 Å². The van der Waals surface area contributed by atoms with Crippen LogP contribution in [0.25, 0.3) is 22.5 Å². The van der Waals surface area contributed by atoms with Gasteiger partial charge < -0.3 is 4.98 Å². The van der Waals surface area contributed by atoms with Crippen molar-refractivity contribution in [3.8, 4) is 22.5 Å². The Morgan fingerprint density at radius 3 is 2.33 bits per heavy atom. The molecule has 1 aromatic heterocycles. The second kappa shape index (κ2) is 3.57. The predicted molar refractivity (Wildman–Crippen MR) is 72.3 cm³/mol. The Balaban J connectivity index is 2.12. The molecule has 0 spiro atoms. The first kappa shape index (κ1) is 9.66. The molecule has 0 aliphatic heterocycles. The summed E-state index contributed by atoms with van der Waals surface area (Å²) in [4.78, 5) is 7.79. The van der Waals surface area contributed by atoms with Gasteiger partial charge in [-0.2, -0.15) is 0 Å². The lowest BCUT2D eigenvalue weighted by molar-refractivity contribution is 1.19. The summed E-state index contributed by atoms with van der Waals surface area (Å²) < 4.78 is 0. The van der Waals surface area contributed by atoms with E-state index in [1.807, 2.05) is 0 Å². The predicted octanol–water partition coefficient (Wildman–Crippen LogP) is 3.65. The molecule has 4 rings (SSSR count). The highest BCUT2D eigenvalue weighted by Crippen LogP contribution is 2.37. The van der Waals surface area contributed by atoms with Crippen LogP contribution in [0.4, 0.5) is 0 Å². The first-order chi connectivity index (χ1) is 8.93. The van der Waals surface area contributed by atoms with Crippen molar-refractivity contribution in [2.75, 3.05) is 0 Å². The fourth-order valence-corrected chi connectivity index (χ4v) is 2.73. The van der Waals surface area contributed by atoms with Gasteiger partial charge in [0.05, 0.1) is 17.7 Å². The minimum Gasteiger partial charge on any atom is -0.344 e. The Morgan fingerprint density at radius 1 is 0.833 bits per heavy atom. The molecule has 3 aromatic rings. The smallest absolute Gasteiger partial charge is 0.0963 e. The van der Waals surface area contributed by atoms with Crippen molar-refractivity contribution in [2.45, 2.75) is 6.42 Å². The standard InChI is InChI=1S/C16H12N2/c1-3-7-13-11(5-1)9-12-6-2-4-8-14(12)16-15(13)17-10-18-16/h1-8,10H,9H2,(H,17,18). The highest BCUT2D eigenvalue weighted by molar-refractivity contribution is 5.83. The van der Waals surface area contributed by atoms with Crippen LogP contribution in [0.2, 0.25) is 0 Å². The van der Waals surface area contributed by atoms with E-state index >= 15 is 0 Å². The van der Waals surface area contributed by atoms with Crippen molar-refractivity contribution in [1.29, 1.82) is 0 Å². The first-order valence-electron chi connectivity index (χ1n) is 6.13. The summed E-state index contributed by atoms with van der Waals surface area (Å²) in [5.41, 5.74) is 7.40. The quantitative estimate of drug-likeness (QED) is 0.492. The summed E-state index contributed by atoms with van der Waals surface area (Å²) >= 11 is 0. The number of benzene rings is 2. The van der Waals surface area contributed by atoms with Crippen molar-refractivity contribution in [1.82, 2.24) is 9.97 Å². The molecule has 0 unspecified atom stereocenters. The fourth-order valence-electron chi connectivity index (χ4n) is 2.73. The molecule has 1 N–H and O–H groups in total. The maximum absolute atomic E-state index is 4.50. The van der Waals surface area contributed by atoms with Crippen LogP contribution in [0.3, 0.4) is 0 Å². The van der Waals surface area contributed by atoms with Gasteiger partial charge in [-0.1, -0.05) is 48.5 Å². The molecule has 2 nitrogen and oxygen atoms in total. The van der Waals surface area contributed by atoms with E-state index in [9.17, 15) is 0 Å². The molecular formula is C16H12N2. The van der Waals surface area contributed by atoms with E-state index in [0.29, 0.717) is 0 Å². The Morgan fingerprint density at radius 2 is 1.50 bits per heavy atom. The Bertz CT molecular complexity index is 665. The molecule has 86 valence electrons. The SMILES string of the molecule is c1ccc2c(c1)Cc1ccccc1-c1[nH]cnc1-2. The molecule has 1 aliphatic rings. The summed E-state index contributed by atoms with van der Waals surface area (Å²) in [5.74, 6) is 0. The van der Waals surface area contributed by atoms with Crippen molar-refractivity contribution >= 4 is 0 Å². The summed E-state index contributed by atoms with van der Waals surface area (Å²) in [6.07, 6.45) is 2.75. The van der Waals surface area contributed by atoms with Gasteiger partial charge in [0.1, 0.15) is 0 Å². The van der Waals surface area contributed by atoms with Crippen LogP contribution >= 0.6 is 0 Å². The summed E-state index contributed by atoms with van der Waals surface area (Å²) in [5, 5.41) is 0. The van der Waals surface area contributed by atoms with Crippen molar-refractivity contribution < 1.29 is 0 Å². The number of aromatic amines is 1. The van der Waals surface area contributed by atoms with E-state index in [4.69, 9.17) is 0 Å². The zero-order valence-electron chi connectivity index (χ0n) is 9.85. The van der Waals surface area contributed by atoms with Crippen LogP contribution in [0.15, 0.2) is 54.9 Å².